The van der Waals surface area contributed by atoms with Crippen LogP contribution in [0.3, 0.4) is 0 Å². The van der Waals surface area contributed by atoms with Gasteiger partial charge in [0, 0.05) is 20.2 Å². The summed E-state index contributed by atoms with van der Waals surface area (Å²) in [7, 11) is 1.69. The fourth-order valence-electron chi connectivity index (χ4n) is 2.59. The lowest BCUT2D eigenvalue weighted by atomic mass is 9.95. The van der Waals surface area contributed by atoms with Crippen LogP contribution in [0.2, 0.25) is 0 Å². The van der Waals surface area contributed by atoms with Crippen LogP contribution in [-0.2, 0) is 9.53 Å². The van der Waals surface area contributed by atoms with Crippen LogP contribution >= 0.6 is 0 Å². The number of nitrogens with one attached hydrogen (secondary N) is 2. The summed E-state index contributed by atoms with van der Waals surface area (Å²) in [4.78, 5) is 12.4. The summed E-state index contributed by atoms with van der Waals surface area (Å²) in [6.45, 7) is 3.61. The minimum absolute atomic E-state index is 0.0651. The van der Waals surface area contributed by atoms with Gasteiger partial charge in [-0.25, -0.2) is 0 Å². The van der Waals surface area contributed by atoms with Crippen molar-refractivity contribution in [2.45, 2.75) is 31.4 Å². The van der Waals surface area contributed by atoms with E-state index in [1.54, 1.807) is 7.11 Å². The molecule has 19 heavy (non-hydrogen) atoms. The highest BCUT2D eigenvalue weighted by atomic mass is 16.5. The van der Waals surface area contributed by atoms with Crippen molar-refractivity contribution in [2.24, 2.45) is 0 Å². The number of benzene rings is 1. The van der Waals surface area contributed by atoms with Gasteiger partial charge in [0.05, 0.1) is 18.1 Å². The largest absolute Gasteiger partial charge is 0.378 e. The zero-order chi connectivity index (χ0) is 13.7. The molecule has 1 aromatic rings. The minimum Gasteiger partial charge on any atom is -0.378 e. The van der Waals surface area contributed by atoms with Crippen LogP contribution in [0.15, 0.2) is 30.3 Å². The van der Waals surface area contributed by atoms with Gasteiger partial charge < -0.3 is 15.4 Å². The maximum Gasteiger partial charge on any atom is 0.227 e. The van der Waals surface area contributed by atoms with Gasteiger partial charge in [-0.15, -0.1) is 0 Å². The number of rotatable bonds is 5. The average molecular weight is 262 g/mol. The Morgan fingerprint density at radius 3 is 2.79 bits per heavy atom. The van der Waals surface area contributed by atoms with E-state index in [2.05, 4.69) is 10.6 Å². The van der Waals surface area contributed by atoms with Crippen molar-refractivity contribution in [3.05, 3.63) is 35.9 Å². The maximum atomic E-state index is 12.4. The lowest BCUT2D eigenvalue weighted by Crippen LogP contribution is -2.45. The number of carbonyl (C=O) groups is 1. The molecule has 1 aliphatic rings. The van der Waals surface area contributed by atoms with E-state index >= 15 is 0 Å². The van der Waals surface area contributed by atoms with Crippen LogP contribution in [0.5, 0.6) is 0 Å². The standard InChI is InChI=1S/C15H22N2O2/c1-3-12(11-7-5-4-6-8-11)15(18)17-13-9-16-10-14(13)19-2/h4-8,12-14,16H,3,9-10H2,1-2H3,(H,17,18)/t12?,13?,14-/m0/s1. The first-order valence-electron chi connectivity index (χ1n) is 6.85. The van der Waals surface area contributed by atoms with Crippen molar-refractivity contribution in [2.75, 3.05) is 20.2 Å². The van der Waals surface area contributed by atoms with E-state index in [0.29, 0.717) is 0 Å². The fourth-order valence-corrected chi connectivity index (χ4v) is 2.59. The Bertz CT molecular complexity index is 408. The van der Waals surface area contributed by atoms with E-state index in [4.69, 9.17) is 4.74 Å². The van der Waals surface area contributed by atoms with Crippen LogP contribution in [0.25, 0.3) is 0 Å². The second-order valence-corrected chi connectivity index (χ2v) is 4.92. The van der Waals surface area contributed by atoms with Gasteiger partial charge in [0.15, 0.2) is 0 Å². The summed E-state index contributed by atoms with van der Waals surface area (Å²) in [5, 5.41) is 6.34. The Balaban J connectivity index is 2.01. The summed E-state index contributed by atoms with van der Waals surface area (Å²) in [5.41, 5.74) is 1.07. The molecule has 1 aromatic carbocycles. The third-order valence-electron chi connectivity index (χ3n) is 3.72. The third-order valence-corrected chi connectivity index (χ3v) is 3.72. The summed E-state index contributed by atoms with van der Waals surface area (Å²) >= 11 is 0. The quantitative estimate of drug-likeness (QED) is 0.840. The molecule has 0 aromatic heterocycles. The van der Waals surface area contributed by atoms with Crippen LogP contribution in [0, 0.1) is 0 Å². The predicted molar refractivity (Wildman–Crippen MR) is 75.1 cm³/mol. The first kappa shape index (κ1) is 14.0. The van der Waals surface area contributed by atoms with Gasteiger partial charge in [0.25, 0.3) is 0 Å². The van der Waals surface area contributed by atoms with Gasteiger partial charge in [-0.05, 0) is 12.0 Å². The van der Waals surface area contributed by atoms with Crippen molar-refractivity contribution in [1.82, 2.24) is 10.6 Å². The second kappa shape index (κ2) is 6.68. The Morgan fingerprint density at radius 2 is 2.16 bits per heavy atom. The zero-order valence-electron chi connectivity index (χ0n) is 11.6. The molecule has 1 fully saturated rings. The van der Waals surface area contributed by atoms with E-state index in [0.717, 1.165) is 25.1 Å². The molecule has 2 unspecified atom stereocenters. The topological polar surface area (TPSA) is 50.4 Å². The van der Waals surface area contributed by atoms with Gasteiger partial charge in [0.2, 0.25) is 5.91 Å². The molecule has 0 aliphatic carbocycles. The first-order chi connectivity index (χ1) is 9.26. The average Bonchev–Trinajstić information content (AvgIpc) is 2.88. The van der Waals surface area contributed by atoms with E-state index in [1.807, 2.05) is 37.3 Å². The number of hydrogen-bond acceptors (Lipinski definition) is 3. The predicted octanol–water partition coefficient (Wildman–Crippen LogP) is 1.28. The Morgan fingerprint density at radius 1 is 1.42 bits per heavy atom. The molecule has 1 saturated heterocycles. The molecule has 4 nitrogen and oxygen atoms in total. The zero-order valence-corrected chi connectivity index (χ0v) is 11.6. The van der Waals surface area contributed by atoms with Crippen LogP contribution in [0.4, 0.5) is 0 Å². The van der Waals surface area contributed by atoms with E-state index in [9.17, 15) is 4.79 Å². The van der Waals surface area contributed by atoms with Crippen molar-refractivity contribution in [1.29, 1.82) is 0 Å². The molecule has 0 saturated carbocycles. The molecule has 2 N–H and O–H groups in total. The smallest absolute Gasteiger partial charge is 0.227 e. The molecular formula is C15H22N2O2. The molecule has 1 amide bonds. The molecular weight excluding hydrogens is 240 g/mol. The summed E-state index contributed by atoms with van der Waals surface area (Å²) < 4.78 is 5.37. The summed E-state index contributed by atoms with van der Waals surface area (Å²) in [6, 6.07) is 10.00. The summed E-state index contributed by atoms with van der Waals surface area (Å²) in [6.07, 6.45) is 0.866. The minimum atomic E-state index is -0.0840. The number of methoxy groups -OCH3 is 1. The molecule has 104 valence electrons. The van der Waals surface area contributed by atoms with Gasteiger partial charge in [-0.2, -0.15) is 0 Å². The van der Waals surface area contributed by atoms with Crippen LogP contribution in [0.1, 0.15) is 24.8 Å². The molecule has 3 atom stereocenters. The highest BCUT2D eigenvalue weighted by Crippen LogP contribution is 2.20. The highest BCUT2D eigenvalue weighted by molar-refractivity contribution is 5.83. The number of hydrogen-bond donors (Lipinski definition) is 2. The highest BCUT2D eigenvalue weighted by Gasteiger charge is 2.30. The Kier molecular flexibility index (Phi) is 4.93. The Hall–Kier alpha value is -1.39. The lowest BCUT2D eigenvalue weighted by molar-refractivity contribution is -0.124. The van der Waals surface area contributed by atoms with E-state index in [1.165, 1.54) is 0 Å². The molecule has 1 heterocycles. The summed E-state index contributed by atoms with van der Waals surface area (Å²) in [5.74, 6) is 0.00348. The van der Waals surface area contributed by atoms with Crippen molar-refractivity contribution in [3.8, 4) is 0 Å². The van der Waals surface area contributed by atoms with Crippen molar-refractivity contribution in [3.63, 3.8) is 0 Å². The van der Waals surface area contributed by atoms with Gasteiger partial charge in [-0.1, -0.05) is 37.3 Å². The molecule has 0 bridgehead atoms. The fraction of sp³-hybridized carbons (Fsp3) is 0.533. The van der Waals surface area contributed by atoms with E-state index < -0.39 is 0 Å². The number of ether oxygens (including phenoxy) is 1. The molecule has 0 radical (unpaired) electrons. The van der Waals surface area contributed by atoms with Gasteiger partial charge >= 0.3 is 0 Å². The molecule has 1 aliphatic heterocycles. The van der Waals surface area contributed by atoms with E-state index in [-0.39, 0.29) is 24.0 Å². The SMILES string of the molecule is CCC(C(=O)NC1CNC[C@@H]1OC)c1ccccc1. The van der Waals surface area contributed by atoms with Crippen molar-refractivity contribution < 1.29 is 9.53 Å². The van der Waals surface area contributed by atoms with Crippen LogP contribution < -0.4 is 10.6 Å². The third kappa shape index (κ3) is 3.33. The van der Waals surface area contributed by atoms with Gasteiger partial charge in [-0.3, -0.25) is 4.79 Å². The monoisotopic (exact) mass is 262 g/mol. The lowest BCUT2D eigenvalue weighted by Gasteiger charge is -2.22. The van der Waals surface area contributed by atoms with Crippen molar-refractivity contribution >= 4 is 5.91 Å². The van der Waals surface area contributed by atoms with Gasteiger partial charge in [0.1, 0.15) is 0 Å². The number of carbonyl (C=O) groups excluding carboxylic acids is 1. The molecule has 2 rings (SSSR count). The normalized spacial score (nSPS) is 24.1. The second-order valence-electron chi connectivity index (χ2n) is 4.92. The maximum absolute atomic E-state index is 12.4. The molecule has 0 spiro atoms. The first-order valence-corrected chi connectivity index (χ1v) is 6.85. The van der Waals surface area contributed by atoms with Crippen LogP contribution in [-0.4, -0.2) is 38.3 Å². The molecule has 4 heteroatoms. The number of amides is 1. The Labute approximate surface area is 114 Å².